The van der Waals surface area contributed by atoms with E-state index in [0.717, 1.165) is 27.2 Å². The maximum Gasteiger partial charge on any atom is 0.147 e. The highest BCUT2D eigenvalue weighted by Gasteiger charge is 2.43. The van der Waals surface area contributed by atoms with Crippen molar-refractivity contribution in [2.75, 3.05) is 9.80 Å². The summed E-state index contributed by atoms with van der Waals surface area (Å²) < 4.78 is 3.63. The summed E-state index contributed by atoms with van der Waals surface area (Å²) >= 11 is 3.77. The van der Waals surface area contributed by atoms with Crippen LogP contribution in [0.1, 0.15) is 6.42 Å². The van der Waals surface area contributed by atoms with Gasteiger partial charge in [0.1, 0.15) is 5.66 Å². The topological polar surface area (TPSA) is 11.4 Å². The van der Waals surface area contributed by atoms with Crippen molar-refractivity contribution in [1.82, 2.24) is 4.57 Å². The summed E-state index contributed by atoms with van der Waals surface area (Å²) in [5.74, 6) is 0. The number of nitrogens with zero attached hydrogens (tertiary/aromatic N) is 3. The number of para-hydroxylation sites is 5. The highest BCUT2D eigenvalue weighted by atomic mass is 79.9. The lowest BCUT2D eigenvalue weighted by Crippen LogP contribution is -2.49. The molecular weight excluding hydrogens is 626 g/mol. The molecule has 0 saturated heterocycles. The van der Waals surface area contributed by atoms with Gasteiger partial charge >= 0.3 is 0 Å². The first kappa shape index (κ1) is 28.2. The van der Waals surface area contributed by atoms with Gasteiger partial charge in [-0.05, 0) is 84.9 Å². The van der Waals surface area contributed by atoms with E-state index in [1.165, 1.54) is 27.5 Å². The zero-order valence-electron chi connectivity index (χ0n) is 25.2. The lowest BCUT2D eigenvalue weighted by molar-refractivity contribution is 0.390. The molecule has 8 rings (SSSR count). The molecule has 0 saturated carbocycles. The van der Waals surface area contributed by atoms with E-state index in [1.54, 1.807) is 0 Å². The lowest BCUT2D eigenvalue weighted by Gasteiger charge is -2.48. The van der Waals surface area contributed by atoms with Crippen molar-refractivity contribution in [2.24, 2.45) is 0 Å². The quantitative estimate of drug-likeness (QED) is 0.169. The van der Waals surface area contributed by atoms with Gasteiger partial charge in [-0.15, -0.1) is 0 Å². The molecule has 0 radical (unpaired) electrons. The normalized spacial score (nSPS) is 16.0. The highest BCUT2D eigenvalue weighted by molar-refractivity contribution is 9.10. The third kappa shape index (κ3) is 4.83. The van der Waals surface area contributed by atoms with Gasteiger partial charge in [0, 0.05) is 50.1 Å². The van der Waals surface area contributed by atoms with Crippen LogP contribution < -0.4 is 9.80 Å². The van der Waals surface area contributed by atoms with Crippen LogP contribution in [0.2, 0.25) is 0 Å². The van der Waals surface area contributed by atoms with Crippen molar-refractivity contribution < 1.29 is 0 Å². The lowest BCUT2D eigenvalue weighted by atomic mass is 9.92. The summed E-state index contributed by atoms with van der Waals surface area (Å²) in [5, 5.41) is 2.45. The minimum Gasteiger partial charge on any atom is -0.314 e. The predicted octanol–water partition coefficient (Wildman–Crippen LogP) is 11.7. The molecule has 0 amide bonds. The third-order valence-corrected chi connectivity index (χ3v) is 9.34. The number of allylic oxidation sites excluding steroid dienone is 2. The van der Waals surface area contributed by atoms with Crippen LogP contribution >= 0.6 is 15.9 Å². The Morgan fingerprint density at radius 1 is 0.522 bits per heavy atom. The average Bonchev–Trinajstić information content (AvgIpc) is 3.45. The highest BCUT2D eigenvalue weighted by Crippen LogP contribution is 2.49. The molecule has 1 aliphatic carbocycles. The van der Waals surface area contributed by atoms with E-state index >= 15 is 0 Å². The number of halogens is 1. The summed E-state index contributed by atoms with van der Waals surface area (Å²) in [5.41, 5.74) is 7.39. The van der Waals surface area contributed by atoms with Gasteiger partial charge in [0.25, 0.3) is 0 Å². The van der Waals surface area contributed by atoms with E-state index in [4.69, 9.17) is 0 Å². The molecule has 0 N–H and O–H groups in total. The minimum absolute atomic E-state index is 0.663. The van der Waals surface area contributed by atoms with Crippen LogP contribution in [0.4, 0.5) is 22.7 Å². The summed E-state index contributed by atoms with van der Waals surface area (Å²) in [7, 11) is 0. The predicted molar refractivity (Wildman–Crippen MR) is 197 cm³/mol. The maximum absolute atomic E-state index is 3.77. The molecule has 0 fully saturated rings. The zero-order chi connectivity index (χ0) is 30.9. The summed E-state index contributed by atoms with van der Waals surface area (Å²) in [6, 6.07) is 58.4. The zero-order valence-corrected chi connectivity index (χ0v) is 26.8. The SMILES string of the molecule is Brc1ccc2c(c1)c1ccccc1n2C1(N(c2ccccc2)c2ccccc2)C=CC=C(N(c2ccccc2)c2ccccc2)C1. The Hall–Kier alpha value is -5.32. The molecular formula is C42H32BrN3. The van der Waals surface area contributed by atoms with Gasteiger partial charge in [-0.3, -0.25) is 0 Å². The molecule has 7 aromatic rings. The van der Waals surface area contributed by atoms with Crippen LogP contribution in [-0.2, 0) is 5.66 Å². The monoisotopic (exact) mass is 657 g/mol. The Balaban J connectivity index is 1.45. The molecule has 0 spiro atoms. The van der Waals surface area contributed by atoms with E-state index in [9.17, 15) is 0 Å². The van der Waals surface area contributed by atoms with Gasteiger partial charge in [0.05, 0.1) is 11.0 Å². The number of hydrogen-bond acceptors (Lipinski definition) is 2. The molecule has 1 unspecified atom stereocenters. The van der Waals surface area contributed by atoms with Crippen molar-refractivity contribution in [1.29, 1.82) is 0 Å². The van der Waals surface area contributed by atoms with Crippen LogP contribution in [0.3, 0.4) is 0 Å². The fraction of sp³-hybridized carbons (Fsp3) is 0.0476. The molecule has 1 atom stereocenters. The number of anilines is 4. The van der Waals surface area contributed by atoms with Gasteiger partial charge in [0.2, 0.25) is 0 Å². The first-order valence-electron chi connectivity index (χ1n) is 15.6. The summed E-state index contributed by atoms with van der Waals surface area (Å²) in [6.07, 6.45) is 7.60. The second-order valence-electron chi connectivity index (χ2n) is 11.6. The molecule has 222 valence electrons. The van der Waals surface area contributed by atoms with Gasteiger partial charge in [-0.2, -0.15) is 0 Å². The fourth-order valence-corrected chi connectivity index (χ4v) is 7.37. The number of aromatic nitrogens is 1. The van der Waals surface area contributed by atoms with Crippen molar-refractivity contribution in [2.45, 2.75) is 12.1 Å². The third-order valence-electron chi connectivity index (χ3n) is 8.85. The van der Waals surface area contributed by atoms with E-state index in [1.807, 2.05) is 0 Å². The van der Waals surface area contributed by atoms with Gasteiger partial charge in [-0.1, -0.05) is 113 Å². The first-order chi connectivity index (χ1) is 22.7. The Bertz CT molecular complexity index is 2110. The molecule has 3 nitrogen and oxygen atoms in total. The molecule has 1 aromatic heterocycles. The van der Waals surface area contributed by atoms with E-state index in [2.05, 4.69) is 212 Å². The second kappa shape index (κ2) is 11.9. The number of benzene rings is 6. The molecule has 6 aromatic carbocycles. The van der Waals surface area contributed by atoms with Crippen molar-refractivity contribution in [3.8, 4) is 0 Å². The van der Waals surface area contributed by atoms with Gasteiger partial charge in [0.15, 0.2) is 0 Å². The van der Waals surface area contributed by atoms with Gasteiger partial charge in [-0.25, -0.2) is 0 Å². The molecule has 4 heteroatoms. The van der Waals surface area contributed by atoms with Crippen molar-refractivity contribution in [3.05, 3.63) is 192 Å². The molecule has 1 heterocycles. The van der Waals surface area contributed by atoms with E-state index in [-0.39, 0.29) is 0 Å². The number of fused-ring (bicyclic) bond motifs is 3. The molecule has 0 aliphatic heterocycles. The molecule has 46 heavy (non-hydrogen) atoms. The maximum atomic E-state index is 3.77. The summed E-state index contributed by atoms with van der Waals surface area (Å²) in [6.45, 7) is 0. The average molecular weight is 659 g/mol. The van der Waals surface area contributed by atoms with Crippen molar-refractivity contribution in [3.63, 3.8) is 0 Å². The van der Waals surface area contributed by atoms with Crippen LogP contribution in [0.5, 0.6) is 0 Å². The fourth-order valence-electron chi connectivity index (χ4n) is 7.01. The van der Waals surface area contributed by atoms with E-state index in [0.29, 0.717) is 6.42 Å². The largest absolute Gasteiger partial charge is 0.314 e. The number of rotatable bonds is 7. The van der Waals surface area contributed by atoms with Crippen molar-refractivity contribution >= 4 is 60.5 Å². The molecule has 1 aliphatic rings. The molecule has 0 bridgehead atoms. The van der Waals surface area contributed by atoms with Crippen LogP contribution in [0.15, 0.2) is 192 Å². The summed E-state index contributed by atoms with van der Waals surface area (Å²) in [4.78, 5) is 4.91. The van der Waals surface area contributed by atoms with Crippen LogP contribution in [0, 0.1) is 0 Å². The number of hydrogen-bond donors (Lipinski definition) is 0. The van der Waals surface area contributed by atoms with Crippen LogP contribution in [0.25, 0.3) is 21.8 Å². The Morgan fingerprint density at radius 3 is 1.61 bits per heavy atom. The van der Waals surface area contributed by atoms with E-state index < -0.39 is 5.66 Å². The smallest absolute Gasteiger partial charge is 0.147 e. The Kier molecular flexibility index (Phi) is 7.28. The van der Waals surface area contributed by atoms with Gasteiger partial charge < -0.3 is 14.4 Å². The minimum atomic E-state index is -0.663. The second-order valence-corrected chi connectivity index (χ2v) is 12.5. The Morgan fingerprint density at radius 2 is 1.02 bits per heavy atom. The standard InChI is InChI=1S/C42H32BrN3/c43-32-27-28-41-39(30-32)38-25-13-14-26-40(38)46(41)42(45(35-20-9-3-10-21-35)36-22-11-4-12-23-36)29-15-24-37(31-42)44(33-16-5-1-6-17-33)34-18-7-2-8-19-34/h1-30H,31H2. The Labute approximate surface area is 278 Å². The van der Waals surface area contributed by atoms with Crippen LogP contribution in [-0.4, -0.2) is 4.57 Å². The first-order valence-corrected chi connectivity index (χ1v) is 16.4.